The summed E-state index contributed by atoms with van der Waals surface area (Å²) in [5.74, 6) is 0.758. The maximum absolute atomic E-state index is 11.6. The first-order valence-electron chi connectivity index (χ1n) is 7.38. The number of carbonyl (C=O) groups excluding carboxylic acids is 1. The van der Waals surface area contributed by atoms with Gasteiger partial charge < -0.3 is 14.0 Å². The number of nitrogens with zero attached hydrogens (tertiary/aromatic N) is 2. The van der Waals surface area contributed by atoms with Crippen molar-refractivity contribution in [2.45, 2.75) is 18.8 Å². The molecule has 0 atom stereocenters. The third kappa shape index (κ3) is 2.52. The minimum absolute atomic E-state index is 0.365. The Hall–Kier alpha value is -2.89. The molecule has 0 bridgehead atoms. The average Bonchev–Trinajstić information content (AvgIpc) is 3.35. The number of fused-ring (bicyclic) bond motifs is 1. The highest BCUT2D eigenvalue weighted by Crippen LogP contribution is 2.43. The van der Waals surface area contributed by atoms with Crippen LogP contribution < -0.4 is 4.74 Å². The molecule has 2 heterocycles. The van der Waals surface area contributed by atoms with Crippen molar-refractivity contribution in [3.63, 3.8) is 0 Å². The van der Waals surface area contributed by atoms with Crippen molar-refractivity contribution in [3.8, 4) is 17.0 Å². The van der Waals surface area contributed by atoms with Crippen LogP contribution in [0.15, 0.2) is 40.9 Å². The maximum atomic E-state index is 11.6. The summed E-state index contributed by atoms with van der Waals surface area (Å²) in [6.45, 7) is 0. The summed E-state index contributed by atoms with van der Waals surface area (Å²) in [7, 11) is 1.27. The van der Waals surface area contributed by atoms with E-state index in [2.05, 4.69) is 14.9 Å². The molecule has 0 spiro atoms. The summed E-state index contributed by atoms with van der Waals surface area (Å²) >= 11 is 0. The smallest absolute Gasteiger partial charge is 0.437 e. The van der Waals surface area contributed by atoms with Crippen LogP contribution in [0.3, 0.4) is 0 Å². The van der Waals surface area contributed by atoms with Crippen LogP contribution in [-0.2, 0) is 4.74 Å². The Labute approximate surface area is 132 Å². The fraction of sp³-hybridized carbons (Fsp3) is 0.235. The number of pyridine rings is 1. The van der Waals surface area contributed by atoms with Gasteiger partial charge in [-0.05, 0) is 12.8 Å². The number of benzene rings is 1. The van der Waals surface area contributed by atoms with E-state index in [9.17, 15) is 4.79 Å². The van der Waals surface area contributed by atoms with Crippen molar-refractivity contribution in [2.75, 3.05) is 7.11 Å². The minimum Gasteiger partial charge on any atom is -0.437 e. The average molecular weight is 310 g/mol. The number of ether oxygens (including phenoxy) is 2. The summed E-state index contributed by atoms with van der Waals surface area (Å²) in [5.41, 5.74) is 2.68. The predicted molar refractivity (Wildman–Crippen MR) is 82.2 cm³/mol. The van der Waals surface area contributed by atoms with E-state index in [1.54, 1.807) is 6.07 Å². The molecule has 0 radical (unpaired) electrons. The predicted octanol–water partition coefficient (Wildman–Crippen LogP) is 3.91. The first-order chi connectivity index (χ1) is 11.3. The molecular weight excluding hydrogens is 296 g/mol. The number of aromatic nitrogens is 2. The molecule has 3 aromatic rings. The van der Waals surface area contributed by atoms with E-state index in [1.165, 1.54) is 7.11 Å². The summed E-state index contributed by atoms with van der Waals surface area (Å²) in [4.78, 5) is 16.1. The first-order valence-corrected chi connectivity index (χ1v) is 7.38. The normalized spacial score (nSPS) is 14.0. The summed E-state index contributed by atoms with van der Waals surface area (Å²) in [6, 6.07) is 11.3. The van der Waals surface area contributed by atoms with E-state index in [1.807, 2.05) is 30.3 Å². The molecule has 4 rings (SSSR count). The molecule has 1 fully saturated rings. The molecule has 0 N–H and O–H groups in total. The lowest BCUT2D eigenvalue weighted by Gasteiger charge is -2.06. The highest BCUT2D eigenvalue weighted by atomic mass is 16.7. The van der Waals surface area contributed by atoms with Crippen LogP contribution in [0.4, 0.5) is 4.79 Å². The zero-order valence-electron chi connectivity index (χ0n) is 12.5. The minimum atomic E-state index is -0.778. The van der Waals surface area contributed by atoms with Crippen molar-refractivity contribution >= 4 is 17.3 Å². The van der Waals surface area contributed by atoms with Crippen LogP contribution in [0.25, 0.3) is 22.4 Å². The Balaban J connectivity index is 1.90. The Morgan fingerprint density at radius 1 is 1.26 bits per heavy atom. The van der Waals surface area contributed by atoms with Crippen molar-refractivity contribution in [2.24, 2.45) is 0 Å². The van der Waals surface area contributed by atoms with E-state index >= 15 is 0 Å². The zero-order valence-corrected chi connectivity index (χ0v) is 12.5. The van der Waals surface area contributed by atoms with Crippen LogP contribution >= 0.6 is 0 Å². The second-order valence-corrected chi connectivity index (χ2v) is 5.45. The third-order valence-corrected chi connectivity index (χ3v) is 3.83. The largest absolute Gasteiger partial charge is 0.513 e. The van der Waals surface area contributed by atoms with Gasteiger partial charge in [0, 0.05) is 17.5 Å². The molecular formula is C17H14N2O4. The SMILES string of the molecule is COC(=O)Oc1cc(C2CC2)nc2onc(-c3ccccc3)c12. The lowest BCUT2D eigenvalue weighted by molar-refractivity contribution is 0.122. The summed E-state index contributed by atoms with van der Waals surface area (Å²) < 4.78 is 15.3. The van der Waals surface area contributed by atoms with Gasteiger partial charge in [0.2, 0.25) is 0 Å². The van der Waals surface area contributed by atoms with Crippen LogP contribution in [0.2, 0.25) is 0 Å². The third-order valence-electron chi connectivity index (χ3n) is 3.83. The zero-order chi connectivity index (χ0) is 15.8. The van der Waals surface area contributed by atoms with E-state index in [0.717, 1.165) is 24.1 Å². The summed E-state index contributed by atoms with van der Waals surface area (Å²) in [5, 5.41) is 4.69. The van der Waals surface area contributed by atoms with Crippen LogP contribution in [0.5, 0.6) is 5.75 Å². The highest BCUT2D eigenvalue weighted by molar-refractivity contribution is 5.95. The molecule has 1 aliphatic carbocycles. The molecule has 116 valence electrons. The van der Waals surface area contributed by atoms with Gasteiger partial charge in [0.1, 0.15) is 11.1 Å². The first kappa shape index (κ1) is 13.8. The Morgan fingerprint density at radius 2 is 2.04 bits per heavy atom. The standard InChI is InChI=1S/C17H14N2O4/c1-21-17(20)22-13-9-12(10-7-8-10)18-16-14(13)15(19-23-16)11-5-3-2-4-6-11/h2-6,9-10H,7-8H2,1H3. The Kier molecular flexibility index (Phi) is 3.22. The fourth-order valence-electron chi connectivity index (χ4n) is 2.53. The molecule has 6 nitrogen and oxygen atoms in total. The van der Waals surface area contributed by atoms with Gasteiger partial charge in [-0.3, -0.25) is 0 Å². The fourth-order valence-corrected chi connectivity index (χ4v) is 2.53. The van der Waals surface area contributed by atoms with Gasteiger partial charge in [-0.2, -0.15) is 0 Å². The molecule has 1 aromatic carbocycles. The molecule has 0 saturated heterocycles. The van der Waals surface area contributed by atoms with Gasteiger partial charge in [-0.25, -0.2) is 9.78 Å². The van der Waals surface area contributed by atoms with E-state index in [-0.39, 0.29) is 0 Å². The maximum Gasteiger partial charge on any atom is 0.513 e. The van der Waals surface area contributed by atoms with Gasteiger partial charge in [-0.15, -0.1) is 0 Å². The topological polar surface area (TPSA) is 74.5 Å². The van der Waals surface area contributed by atoms with Crippen LogP contribution in [0, 0.1) is 0 Å². The summed E-state index contributed by atoms with van der Waals surface area (Å²) in [6.07, 6.45) is 1.38. The quantitative estimate of drug-likeness (QED) is 0.683. The van der Waals surface area contributed by atoms with Gasteiger partial charge in [0.25, 0.3) is 5.71 Å². The molecule has 1 aliphatic rings. The number of rotatable bonds is 3. The van der Waals surface area contributed by atoms with E-state index in [4.69, 9.17) is 9.26 Å². The Morgan fingerprint density at radius 3 is 2.74 bits per heavy atom. The second kappa shape index (κ2) is 5.39. The van der Waals surface area contributed by atoms with Crippen molar-refractivity contribution in [1.29, 1.82) is 0 Å². The van der Waals surface area contributed by atoms with Crippen molar-refractivity contribution in [3.05, 3.63) is 42.1 Å². The second-order valence-electron chi connectivity index (χ2n) is 5.45. The number of carbonyl (C=O) groups is 1. The lowest BCUT2D eigenvalue weighted by Crippen LogP contribution is -2.08. The van der Waals surface area contributed by atoms with Gasteiger partial charge in [0.15, 0.2) is 5.75 Å². The molecule has 6 heteroatoms. The van der Waals surface area contributed by atoms with E-state index in [0.29, 0.717) is 28.5 Å². The lowest BCUT2D eigenvalue weighted by atomic mass is 10.1. The van der Waals surface area contributed by atoms with E-state index < -0.39 is 6.16 Å². The molecule has 1 saturated carbocycles. The van der Waals surface area contributed by atoms with Crippen LogP contribution in [0.1, 0.15) is 24.5 Å². The number of methoxy groups -OCH3 is 1. The van der Waals surface area contributed by atoms with Crippen molar-refractivity contribution in [1.82, 2.24) is 10.1 Å². The number of hydrogen-bond acceptors (Lipinski definition) is 6. The van der Waals surface area contributed by atoms with Gasteiger partial charge >= 0.3 is 6.16 Å². The molecule has 2 aromatic heterocycles. The Bertz CT molecular complexity index is 869. The number of hydrogen-bond donors (Lipinski definition) is 0. The molecule has 23 heavy (non-hydrogen) atoms. The monoisotopic (exact) mass is 310 g/mol. The van der Waals surface area contributed by atoms with Gasteiger partial charge in [-0.1, -0.05) is 35.5 Å². The highest BCUT2D eigenvalue weighted by Gasteiger charge is 2.29. The van der Waals surface area contributed by atoms with Gasteiger partial charge in [0.05, 0.1) is 12.8 Å². The molecule has 0 unspecified atom stereocenters. The molecule has 0 amide bonds. The molecule has 0 aliphatic heterocycles. The van der Waals surface area contributed by atoms with Crippen molar-refractivity contribution < 1.29 is 18.8 Å². The van der Waals surface area contributed by atoms with Crippen LogP contribution in [-0.4, -0.2) is 23.4 Å².